The lowest BCUT2D eigenvalue weighted by molar-refractivity contribution is -0.174. The van der Waals surface area contributed by atoms with Crippen molar-refractivity contribution in [2.24, 2.45) is 0 Å². The number of carbonyl (C=O) groups excluding carboxylic acids is 2. The number of carbonyl (C=O) groups is 2. The van der Waals surface area contributed by atoms with Gasteiger partial charge in [-0.15, -0.1) is 0 Å². The average Bonchev–Trinajstić information content (AvgIpc) is 2.52. The summed E-state index contributed by atoms with van der Waals surface area (Å²) in [6, 6.07) is 7.42. The van der Waals surface area contributed by atoms with E-state index >= 15 is 0 Å². The summed E-state index contributed by atoms with van der Waals surface area (Å²) < 4.78 is 36.7. The number of halogens is 3. The molecule has 24 heavy (non-hydrogen) atoms. The highest BCUT2D eigenvalue weighted by atomic mass is 19.4. The second-order valence-electron chi connectivity index (χ2n) is 6.12. The van der Waals surface area contributed by atoms with Crippen molar-refractivity contribution in [2.45, 2.75) is 44.8 Å². The molecule has 4 nitrogen and oxygen atoms in total. The van der Waals surface area contributed by atoms with Crippen LogP contribution in [-0.2, 0) is 16.0 Å². The summed E-state index contributed by atoms with van der Waals surface area (Å²) in [6.07, 6.45) is -3.15. The van der Waals surface area contributed by atoms with Crippen molar-refractivity contribution in [1.82, 2.24) is 10.2 Å². The third-order valence-corrected chi connectivity index (χ3v) is 4.15. The van der Waals surface area contributed by atoms with Gasteiger partial charge in [0.1, 0.15) is 0 Å². The molecule has 0 saturated carbocycles. The molecule has 132 valence electrons. The molecule has 7 heteroatoms. The third kappa shape index (κ3) is 5.25. The number of nitrogens with one attached hydrogen (secondary N) is 1. The maximum absolute atomic E-state index is 12.2. The lowest BCUT2D eigenvalue weighted by atomic mass is 10.0. The Balaban J connectivity index is 1.75. The zero-order chi connectivity index (χ0) is 17.7. The van der Waals surface area contributed by atoms with Gasteiger partial charge in [0.15, 0.2) is 0 Å². The molecule has 1 heterocycles. The number of aryl methyl sites for hydroxylation is 2. The number of nitrogens with zero attached hydrogens (tertiary/aromatic N) is 1. The van der Waals surface area contributed by atoms with Gasteiger partial charge in [-0.3, -0.25) is 9.59 Å². The Morgan fingerprint density at radius 2 is 1.92 bits per heavy atom. The zero-order valence-corrected chi connectivity index (χ0v) is 13.5. The summed E-state index contributed by atoms with van der Waals surface area (Å²) in [5, 5.41) is 1.98. The largest absolute Gasteiger partial charge is 0.471 e. The van der Waals surface area contributed by atoms with Crippen LogP contribution in [0, 0.1) is 6.92 Å². The Kier molecular flexibility index (Phi) is 5.85. The lowest BCUT2D eigenvalue weighted by Crippen LogP contribution is -2.49. The summed E-state index contributed by atoms with van der Waals surface area (Å²) in [4.78, 5) is 24.8. The SMILES string of the molecule is Cc1cccc(CCC(=O)N2CCC(NC(=O)C(F)(F)F)CC2)c1. The van der Waals surface area contributed by atoms with E-state index in [2.05, 4.69) is 0 Å². The Labute approximate surface area is 139 Å². The number of piperidine rings is 1. The predicted octanol–water partition coefficient (Wildman–Crippen LogP) is 2.60. The van der Waals surface area contributed by atoms with Crippen molar-refractivity contribution in [3.05, 3.63) is 35.4 Å². The van der Waals surface area contributed by atoms with E-state index in [0.29, 0.717) is 38.8 Å². The van der Waals surface area contributed by atoms with Gasteiger partial charge in [-0.2, -0.15) is 13.2 Å². The van der Waals surface area contributed by atoms with E-state index in [0.717, 1.165) is 11.1 Å². The molecule has 0 atom stereocenters. The van der Waals surface area contributed by atoms with Gasteiger partial charge in [0, 0.05) is 25.6 Å². The average molecular weight is 342 g/mol. The summed E-state index contributed by atoms with van der Waals surface area (Å²) in [5.74, 6) is -1.91. The van der Waals surface area contributed by atoms with Crippen LogP contribution >= 0.6 is 0 Å². The van der Waals surface area contributed by atoms with E-state index in [1.807, 2.05) is 36.5 Å². The second-order valence-corrected chi connectivity index (χ2v) is 6.12. The molecule has 0 bridgehead atoms. The van der Waals surface area contributed by atoms with Gasteiger partial charge in [-0.05, 0) is 31.7 Å². The first-order valence-corrected chi connectivity index (χ1v) is 7.96. The van der Waals surface area contributed by atoms with E-state index in [9.17, 15) is 22.8 Å². The van der Waals surface area contributed by atoms with Gasteiger partial charge in [0.2, 0.25) is 5.91 Å². The first-order valence-electron chi connectivity index (χ1n) is 7.96. The second kappa shape index (κ2) is 7.68. The van der Waals surface area contributed by atoms with Crippen LogP contribution in [0.3, 0.4) is 0 Å². The summed E-state index contributed by atoms with van der Waals surface area (Å²) in [5.41, 5.74) is 2.23. The Bertz CT molecular complexity index is 594. The van der Waals surface area contributed by atoms with Gasteiger partial charge >= 0.3 is 12.1 Å². The molecule has 0 radical (unpaired) electrons. The fourth-order valence-corrected chi connectivity index (χ4v) is 2.82. The number of hydrogen-bond acceptors (Lipinski definition) is 2. The first-order chi connectivity index (χ1) is 11.3. The molecule has 0 aliphatic carbocycles. The first kappa shape index (κ1) is 18.3. The van der Waals surface area contributed by atoms with Crippen molar-refractivity contribution in [2.75, 3.05) is 13.1 Å². The van der Waals surface area contributed by atoms with Crippen LogP contribution in [0.4, 0.5) is 13.2 Å². The minimum absolute atomic E-state index is 0.00268. The molecule has 0 unspecified atom stereocenters. The molecule has 1 aliphatic heterocycles. The molecule has 2 rings (SSSR count). The van der Waals surface area contributed by atoms with Crippen LogP contribution < -0.4 is 5.32 Å². The van der Waals surface area contributed by atoms with Gasteiger partial charge in [0.05, 0.1) is 0 Å². The quantitative estimate of drug-likeness (QED) is 0.914. The van der Waals surface area contributed by atoms with Crippen LogP contribution in [0.5, 0.6) is 0 Å². The number of hydrogen-bond donors (Lipinski definition) is 1. The smallest absolute Gasteiger partial charge is 0.345 e. The van der Waals surface area contributed by atoms with Crippen molar-refractivity contribution < 1.29 is 22.8 Å². The van der Waals surface area contributed by atoms with E-state index < -0.39 is 18.1 Å². The van der Waals surface area contributed by atoms with Crippen molar-refractivity contribution in [3.8, 4) is 0 Å². The van der Waals surface area contributed by atoms with Crippen LogP contribution in [0.1, 0.15) is 30.4 Å². The summed E-state index contributed by atoms with van der Waals surface area (Å²) in [6.45, 7) is 2.73. The van der Waals surface area contributed by atoms with Crippen LogP contribution in [0.25, 0.3) is 0 Å². The molecule has 1 aromatic carbocycles. The van der Waals surface area contributed by atoms with Crippen molar-refractivity contribution in [3.63, 3.8) is 0 Å². The van der Waals surface area contributed by atoms with E-state index in [-0.39, 0.29) is 5.91 Å². The van der Waals surface area contributed by atoms with E-state index in [1.165, 1.54) is 0 Å². The maximum atomic E-state index is 12.2. The number of benzene rings is 1. The minimum atomic E-state index is -4.86. The Morgan fingerprint density at radius 3 is 2.50 bits per heavy atom. The van der Waals surface area contributed by atoms with E-state index in [4.69, 9.17) is 0 Å². The molecule has 0 aromatic heterocycles. The van der Waals surface area contributed by atoms with Crippen LogP contribution in [0.15, 0.2) is 24.3 Å². The third-order valence-electron chi connectivity index (χ3n) is 4.15. The topological polar surface area (TPSA) is 49.4 Å². The van der Waals surface area contributed by atoms with Crippen molar-refractivity contribution >= 4 is 11.8 Å². The summed E-state index contributed by atoms with van der Waals surface area (Å²) in [7, 11) is 0. The molecule has 1 N–H and O–H groups in total. The van der Waals surface area contributed by atoms with Crippen molar-refractivity contribution in [1.29, 1.82) is 0 Å². The number of alkyl halides is 3. The fraction of sp³-hybridized carbons (Fsp3) is 0.529. The Hall–Kier alpha value is -2.05. The number of likely N-dealkylation sites (tertiary alicyclic amines) is 1. The highest BCUT2D eigenvalue weighted by molar-refractivity contribution is 5.82. The van der Waals surface area contributed by atoms with Gasteiger partial charge in [-0.25, -0.2) is 0 Å². The van der Waals surface area contributed by atoms with Crippen LogP contribution in [-0.4, -0.2) is 42.0 Å². The molecular weight excluding hydrogens is 321 g/mol. The maximum Gasteiger partial charge on any atom is 0.471 e. The van der Waals surface area contributed by atoms with E-state index in [1.54, 1.807) is 4.90 Å². The number of amides is 2. The molecular formula is C17H21F3N2O2. The molecule has 1 fully saturated rings. The molecule has 1 aromatic rings. The normalized spacial score (nSPS) is 16.1. The molecule has 0 spiro atoms. The molecule has 1 aliphatic rings. The molecule has 1 saturated heterocycles. The number of rotatable bonds is 4. The lowest BCUT2D eigenvalue weighted by Gasteiger charge is -2.32. The van der Waals surface area contributed by atoms with Gasteiger partial charge in [0.25, 0.3) is 0 Å². The highest BCUT2D eigenvalue weighted by Gasteiger charge is 2.40. The fourth-order valence-electron chi connectivity index (χ4n) is 2.82. The monoisotopic (exact) mass is 342 g/mol. The predicted molar refractivity (Wildman–Crippen MR) is 83.3 cm³/mol. The molecule has 2 amide bonds. The minimum Gasteiger partial charge on any atom is -0.345 e. The zero-order valence-electron chi connectivity index (χ0n) is 13.5. The highest BCUT2D eigenvalue weighted by Crippen LogP contribution is 2.18. The van der Waals surface area contributed by atoms with Gasteiger partial charge in [-0.1, -0.05) is 29.8 Å². The summed E-state index contributed by atoms with van der Waals surface area (Å²) >= 11 is 0. The Morgan fingerprint density at radius 1 is 1.25 bits per heavy atom. The van der Waals surface area contributed by atoms with Crippen LogP contribution in [0.2, 0.25) is 0 Å². The van der Waals surface area contributed by atoms with Gasteiger partial charge < -0.3 is 10.2 Å². The standard InChI is InChI=1S/C17H21F3N2O2/c1-12-3-2-4-13(11-12)5-6-15(23)22-9-7-14(8-10-22)21-16(24)17(18,19)20/h2-4,11,14H,5-10H2,1H3,(H,21,24).